The van der Waals surface area contributed by atoms with Gasteiger partial charge in [0, 0.05) is 5.56 Å². The fraction of sp³-hybridized carbons (Fsp3) is 0.0556. The van der Waals surface area contributed by atoms with Gasteiger partial charge < -0.3 is 0 Å². The van der Waals surface area contributed by atoms with Crippen molar-refractivity contribution < 1.29 is 9.59 Å². The van der Waals surface area contributed by atoms with Crippen LogP contribution in [0.5, 0.6) is 0 Å². The molecule has 1 heterocycles. The molecule has 2 aromatic rings. The lowest BCUT2D eigenvalue weighted by Gasteiger charge is -2.13. The van der Waals surface area contributed by atoms with Gasteiger partial charge in [0.1, 0.15) is 0 Å². The topological polar surface area (TPSA) is 37.4 Å². The van der Waals surface area contributed by atoms with Crippen LogP contribution in [0.3, 0.4) is 0 Å². The summed E-state index contributed by atoms with van der Waals surface area (Å²) < 4.78 is 0.521. The summed E-state index contributed by atoms with van der Waals surface area (Å²) in [6.07, 6.45) is 1.80. The zero-order valence-corrected chi connectivity index (χ0v) is 14.0. The Hall–Kier alpha value is -2.24. The molecule has 0 bridgehead atoms. The van der Waals surface area contributed by atoms with Crippen molar-refractivity contribution in [3.8, 4) is 0 Å². The molecule has 2 aromatic carbocycles. The maximum absolute atomic E-state index is 12.6. The van der Waals surface area contributed by atoms with Crippen molar-refractivity contribution in [1.82, 2.24) is 0 Å². The second-order valence-electron chi connectivity index (χ2n) is 5.03. The molecule has 0 saturated carbocycles. The second kappa shape index (κ2) is 6.48. The summed E-state index contributed by atoms with van der Waals surface area (Å²) in [4.78, 5) is 26.0. The van der Waals surface area contributed by atoms with Gasteiger partial charge in [-0.05, 0) is 30.7 Å². The molecular weight excluding hydrogens is 326 g/mol. The Bertz CT molecular complexity index is 811. The number of benzene rings is 2. The van der Waals surface area contributed by atoms with Crippen molar-refractivity contribution in [2.24, 2.45) is 0 Å². The first-order chi connectivity index (χ1) is 11.1. The van der Waals surface area contributed by atoms with Crippen LogP contribution in [0, 0.1) is 0 Å². The number of para-hydroxylation sites is 1. The minimum atomic E-state index is -0.123. The lowest BCUT2D eigenvalue weighted by atomic mass is 10.1. The molecule has 1 saturated heterocycles. The highest BCUT2D eigenvalue weighted by molar-refractivity contribution is 8.27. The van der Waals surface area contributed by atoms with Crippen molar-refractivity contribution >= 4 is 51.8 Å². The van der Waals surface area contributed by atoms with Crippen LogP contribution in [0.1, 0.15) is 22.8 Å². The third kappa shape index (κ3) is 3.25. The van der Waals surface area contributed by atoms with Gasteiger partial charge >= 0.3 is 0 Å². The monoisotopic (exact) mass is 339 g/mol. The Morgan fingerprint density at radius 2 is 1.74 bits per heavy atom. The van der Waals surface area contributed by atoms with E-state index >= 15 is 0 Å². The lowest BCUT2D eigenvalue weighted by molar-refractivity contribution is -0.113. The van der Waals surface area contributed by atoms with E-state index in [0.717, 1.165) is 11.3 Å². The smallest absolute Gasteiger partial charge is 0.270 e. The fourth-order valence-corrected chi connectivity index (χ4v) is 3.53. The summed E-state index contributed by atoms with van der Waals surface area (Å²) in [6, 6.07) is 16.5. The average molecular weight is 339 g/mol. The number of hydrogen-bond donors (Lipinski definition) is 0. The molecule has 23 heavy (non-hydrogen) atoms. The number of anilines is 1. The predicted molar refractivity (Wildman–Crippen MR) is 98.5 cm³/mol. The molecule has 3 rings (SSSR count). The molecule has 1 aliphatic heterocycles. The van der Waals surface area contributed by atoms with E-state index in [0.29, 0.717) is 14.8 Å². The molecule has 3 nitrogen and oxygen atoms in total. The molecule has 0 aliphatic carbocycles. The summed E-state index contributed by atoms with van der Waals surface area (Å²) in [6.45, 7) is 1.53. The lowest BCUT2D eigenvalue weighted by Crippen LogP contribution is -2.27. The molecule has 0 N–H and O–H groups in total. The first-order valence-electron chi connectivity index (χ1n) is 7.00. The van der Waals surface area contributed by atoms with Crippen LogP contribution in [0.15, 0.2) is 59.5 Å². The maximum atomic E-state index is 12.6. The van der Waals surface area contributed by atoms with E-state index < -0.39 is 0 Å². The number of amides is 1. The third-order valence-corrected chi connectivity index (χ3v) is 4.73. The number of rotatable bonds is 3. The van der Waals surface area contributed by atoms with Crippen LogP contribution >= 0.6 is 24.0 Å². The van der Waals surface area contributed by atoms with E-state index in [1.165, 1.54) is 23.6 Å². The standard InChI is InChI=1S/C18H13NO2S2/c1-12(20)14-9-7-13(8-10-14)11-16-17(21)19(18(22)23-16)15-5-3-2-4-6-15/h2-11H,1H3. The fourth-order valence-electron chi connectivity index (χ4n) is 2.23. The Morgan fingerprint density at radius 3 is 2.35 bits per heavy atom. The van der Waals surface area contributed by atoms with Crippen LogP contribution < -0.4 is 4.90 Å². The van der Waals surface area contributed by atoms with Crippen molar-refractivity contribution in [2.45, 2.75) is 6.92 Å². The third-order valence-electron chi connectivity index (χ3n) is 3.42. The first kappa shape index (κ1) is 15.6. The molecule has 1 aliphatic rings. The Balaban J connectivity index is 1.88. The van der Waals surface area contributed by atoms with E-state index in [4.69, 9.17) is 12.2 Å². The van der Waals surface area contributed by atoms with Gasteiger partial charge in [0.25, 0.3) is 5.91 Å². The second-order valence-corrected chi connectivity index (χ2v) is 6.71. The SMILES string of the molecule is CC(=O)c1ccc(C=C2SC(=S)N(c3ccccc3)C2=O)cc1. The average Bonchev–Trinajstić information content (AvgIpc) is 2.82. The zero-order valence-electron chi connectivity index (χ0n) is 12.4. The number of ketones is 1. The molecular formula is C18H13NO2S2. The van der Waals surface area contributed by atoms with E-state index in [9.17, 15) is 9.59 Å². The number of thioether (sulfide) groups is 1. The van der Waals surface area contributed by atoms with Crippen molar-refractivity contribution in [2.75, 3.05) is 4.90 Å². The Morgan fingerprint density at radius 1 is 1.09 bits per heavy atom. The van der Waals surface area contributed by atoms with Gasteiger partial charge in [0.05, 0.1) is 10.6 Å². The molecule has 1 fully saturated rings. The number of thiocarbonyl (C=S) groups is 1. The maximum Gasteiger partial charge on any atom is 0.270 e. The highest BCUT2D eigenvalue weighted by Gasteiger charge is 2.33. The number of carbonyl (C=O) groups is 2. The molecule has 5 heteroatoms. The molecule has 114 valence electrons. The van der Waals surface area contributed by atoms with Gasteiger partial charge in [-0.1, -0.05) is 66.4 Å². The van der Waals surface area contributed by atoms with Crippen LogP contribution in [-0.4, -0.2) is 16.0 Å². The summed E-state index contributed by atoms with van der Waals surface area (Å²) in [5.41, 5.74) is 2.29. The Kier molecular flexibility index (Phi) is 4.41. The van der Waals surface area contributed by atoms with E-state index in [-0.39, 0.29) is 11.7 Å². The normalized spacial score (nSPS) is 16.2. The van der Waals surface area contributed by atoms with Crippen LogP contribution in [0.25, 0.3) is 6.08 Å². The quantitative estimate of drug-likeness (QED) is 0.475. The van der Waals surface area contributed by atoms with E-state index in [1.54, 1.807) is 18.2 Å². The van der Waals surface area contributed by atoms with E-state index in [2.05, 4.69) is 0 Å². The van der Waals surface area contributed by atoms with Crippen molar-refractivity contribution in [1.29, 1.82) is 0 Å². The van der Waals surface area contributed by atoms with Crippen molar-refractivity contribution in [3.63, 3.8) is 0 Å². The first-order valence-corrected chi connectivity index (χ1v) is 8.23. The molecule has 0 atom stereocenters. The van der Waals surface area contributed by atoms with Gasteiger partial charge in [-0.15, -0.1) is 0 Å². The number of Topliss-reactive ketones (excluding diaryl/α,β-unsaturated/α-hetero) is 1. The molecule has 0 spiro atoms. The number of nitrogens with zero attached hydrogens (tertiary/aromatic N) is 1. The van der Waals surface area contributed by atoms with Gasteiger partial charge in [0.2, 0.25) is 0 Å². The molecule has 0 aromatic heterocycles. The zero-order chi connectivity index (χ0) is 16.4. The highest BCUT2D eigenvalue weighted by atomic mass is 32.2. The summed E-state index contributed by atoms with van der Waals surface area (Å²) in [5, 5.41) is 0. The van der Waals surface area contributed by atoms with Gasteiger partial charge in [-0.25, -0.2) is 0 Å². The highest BCUT2D eigenvalue weighted by Crippen LogP contribution is 2.35. The predicted octanol–water partition coefficient (Wildman–Crippen LogP) is 4.30. The van der Waals surface area contributed by atoms with Crippen LogP contribution in [0.4, 0.5) is 5.69 Å². The van der Waals surface area contributed by atoms with Gasteiger partial charge in [0.15, 0.2) is 10.1 Å². The molecule has 0 unspecified atom stereocenters. The van der Waals surface area contributed by atoms with Crippen molar-refractivity contribution in [3.05, 3.63) is 70.6 Å². The molecule has 1 amide bonds. The van der Waals surface area contributed by atoms with Crippen LogP contribution in [-0.2, 0) is 4.79 Å². The summed E-state index contributed by atoms with van der Waals surface area (Å²) in [7, 11) is 0. The summed E-state index contributed by atoms with van der Waals surface area (Å²) >= 11 is 6.61. The van der Waals surface area contributed by atoms with Crippen LogP contribution in [0.2, 0.25) is 0 Å². The minimum Gasteiger partial charge on any atom is -0.295 e. The largest absolute Gasteiger partial charge is 0.295 e. The Labute approximate surface area is 144 Å². The summed E-state index contributed by atoms with van der Waals surface area (Å²) in [5.74, 6) is -0.103. The number of carbonyl (C=O) groups excluding carboxylic acids is 2. The van der Waals surface area contributed by atoms with E-state index in [1.807, 2.05) is 42.5 Å². The molecule has 0 radical (unpaired) electrons. The van der Waals surface area contributed by atoms with Gasteiger partial charge in [-0.3, -0.25) is 14.5 Å². The van der Waals surface area contributed by atoms with Gasteiger partial charge in [-0.2, -0.15) is 0 Å². The minimum absolute atomic E-state index is 0.0203. The number of hydrogen-bond acceptors (Lipinski definition) is 4.